The molecular weight excluding hydrogens is 278 g/mol. The van der Waals surface area contributed by atoms with E-state index in [1.165, 1.54) is 16.9 Å². The highest BCUT2D eigenvalue weighted by atomic mass is 32.1. The summed E-state index contributed by atoms with van der Waals surface area (Å²) in [5.41, 5.74) is 2.38. The van der Waals surface area contributed by atoms with Crippen LogP contribution in [-0.2, 0) is 0 Å². The summed E-state index contributed by atoms with van der Waals surface area (Å²) in [5, 5.41) is 0.680. The number of thiazole rings is 1. The van der Waals surface area contributed by atoms with Crippen molar-refractivity contribution in [1.82, 2.24) is 4.98 Å². The molecule has 0 atom stereocenters. The smallest absolute Gasteiger partial charge is 0.282 e. The van der Waals surface area contributed by atoms with Gasteiger partial charge in [-0.1, -0.05) is 49.4 Å². The number of rotatable bonds is 3. The van der Waals surface area contributed by atoms with E-state index in [1.807, 2.05) is 0 Å². The maximum Gasteiger partial charge on any atom is 0.282 e. The summed E-state index contributed by atoms with van der Waals surface area (Å²) >= 11 is 1.47. The van der Waals surface area contributed by atoms with E-state index in [1.54, 1.807) is 11.1 Å². The standard InChI is InChI=1S/C15H16F2N2S/c1-10(2)11-3-5-12(6-4-11)13-7-18-14(20-13)19-8-15(16,17)9-19/h3-7,10H,8-9H2,1-2H3. The van der Waals surface area contributed by atoms with Crippen molar-refractivity contribution in [2.75, 3.05) is 18.0 Å². The van der Waals surface area contributed by atoms with Crippen molar-refractivity contribution in [2.45, 2.75) is 25.7 Å². The number of alkyl halides is 2. The minimum absolute atomic E-state index is 0.216. The molecule has 2 nitrogen and oxygen atoms in total. The van der Waals surface area contributed by atoms with Crippen molar-refractivity contribution in [3.63, 3.8) is 0 Å². The molecule has 3 rings (SSSR count). The van der Waals surface area contributed by atoms with E-state index in [-0.39, 0.29) is 13.1 Å². The van der Waals surface area contributed by atoms with Gasteiger partial charge in [-0.15, -0.1) is 0 Å². The first-order chi connectivity index (χ1) is 9.44. The van der Waals surface area contributed by atoms with Crippen LogP contribution in [0.5, 0.6) is 0 Å². The van der Waals surface area contributed by atoms with Crippen molar-refractivity contribution in [1.29, 1.82) is 0 Å². The maximum atomic E-state index is 12.9. The predicted octanol–water partition coefficient (Wildman–Crippen LogP) is 4.39. The van der Waals surface area contributed by atoms with Crippen LogP contribution in [0.15, 0.2) is 30.5 Å². The van der Waals surface area contributed by atoms with E-state index in [4.69, 9.17) is 0 Å². The lowest BCUT2D eigenvalue weighted by atomic mass is 10.0. The number of anilines is 1. The molecule has 0 amide bonds. The maximum absolute atomic E-state index is 12.9. The molecule has 1 saturated heterocycles. The van der Waals surface area contributed by atoms with Gasteiger partial charge in [-0.3, -0.25) is 0 Å². The lowest BCUT2D eigenvalue weighted by molar-refractivity contribution is -0.0262. The fraction of sp³-hybridized carbons (Fsp3) is 0.400. The number of nitrogens with zero attached hydrogens (tertiary/aromatic N) is 2. The monoisotopic (exact) mass is 294 g/mol. The van der Waals surface area contributed by atoms with Gasteiger partial charge in [0.15, 0.2) is 5.13 Å². The summed E-state index contributed by atoms with van der Waals surface area (Å²) in [6, 6.07) is 8.35. The molecule has 0 unspecified atom stereocenters. The minimum atomic E-state index is -2.55. The summed E-state index contributed by atoms with van der Waals surface area (Å²) in [7, 11) is 0. The quantitative estimate of drug-likeness (QED) is 0.834. The van der Waals surface area contributed by atoms with E-state index in [0.717, 1.165) is 10.4 Å². The second kappa shape index (κ2) is 4.81. The van der Waals surface area contributed by atoms with Crippen molar-refractivity contribution in [3.05, 3.63) is 36.0 Å². The Labute approximate surface area is 121 Å². The number of aromatic nitrogens is 1. The van der Waals surface area contributed by atoms with Gasteiger partial charge >= 0.3 is 0 Å². The average molecular weight is 294 g/mol. The lowest BCUT2D eigenvalue weighted by Crippen LogP contribution is -2.56. The summed E-state index contributed by atoms with van der Waals surface area (Å²) in [4.78, 5) is 6.89. The average Bonchev–Trinajstić information content (AvgIpc) is 2.85. The number of benzene rings is 1. The van der Waals surface area contributed by atoms with Crippen LogP contribution in [0.2, 0.25) is 0 Å². The largest absolute Gasteiger partial charge is 0.336 e. The molecule has 20 heavy (non-hydrogen) atoms. The summed E-state index contributed by atoms with van der Waals surface area (Å²) < 4.78 is 25.7. The van der Waals surface area contributed by atoms with Gasteiger partial charge < -0.3 is 4.90 Å². The molecule has 0 radical (unpaired) electrons. The molecule has 1 aromatic heterocycles. The first-order valence-electron chi connectivity index (χ1n) is 6.63. The zero-order chi connectivity index (χ0) is 14.3. The molecule has 0 saturated carbocycles. The van der Waals surface area contributed by atoms with Crippen molar-refractivity contribution >= 4 is 16.5 Å². The van der Waals surface area contributed by atoms with Gasteiger partial charge in [0.2, 0.25) is 0 Å². The van der Waals surface area contributed by atoms with Crippen LogP contribution in [0.4, 0.5) is 13.9 Å². The molecule has 1 aromatic carbocycles. The highest BCUT2D eigenvalue weighted by Gasteiger charge is 2.45. The van der Waals surface area contributed by atoms with E-state index < -0.39 is 5.92 Å². The zero-order valence-electron chi connectivity index (χ0n) is 11.4. The molecule has 1 aliphatic heterocycles. The normalized spacial score (nSPS) is 17.4. The summed E-state index contributed by atoms with van der Waals surface area (Å²) in [6.07, 6.45) is 1.76. The van der Waals surface area contributed by atoms with Crippen molar-refractivity contribution < 1.29 is 8.78 Å². The van der Waals surface area contributed by atoms with Gasteiger partial charge in [-0.25, -0.2) is 13.8 Å². The van der Waals surface area contributed by atoms with E-state index >= 15 is 0 Å². The Morgan fingerprint density at radius 2 is 1.85 bits per heavy atom. The molecule has 1 aliphatic rings. The minimum Gasteiger partial charge on any atom is -0.336 e. The predicted molar refractivity (Wildman–Crippen MR) is 78.8 cm³/mol. The molecule has 0 N–H and O–H groups in total. The molecule has 2 heterocycles. The Kier molecular flexibility index (Phi) is 3.24. The fourth-order valence-electron chi connectivity index (χ4n) is 2.22. The molecule has 1 fully saturated rings. The number of hydrogen-bond donors (Lipinski definition) is 0. The highest BCUT2D eigenvalue weighted by molar-refractivity contribution is 7.18. The van der Waals surface area contributed by atoms with E-state index in [2.05, 4.69) is 43.1 Å². The van der Waals surface area contributed by atoms with Crippen molar-refractivity contribution in [3.8, 4) is 10.4 Å². The van der Waals surface area contributed by atoms with Crippen LogP contribution in [0.3, 0.4) is 0 Å². The molecule has 0 aliphatic carbocycles. The van der Waals surface area contributed by atoms with Crippen LogP contribution in [-0.4, -0.2) is 24.0 Å². The van der Waals surface area contributed by atoms with Gasteiger partial charge in [-0.05, 0) is 17.0 Å². The molecule has 2 aromatic rings. The second-order valence-corrected chi connectivity index (χ2v) is 6.50. The Bertz CT molecular complexity index is 597. The Hall–Kier alpha value is -1.49. The molecular formula is C15H16F2N2S. The third kappa shape index (κ3) is 2.54. The fourth-order valence-corrected chi connectivity index (χ4v) is 3.14. The topological polar surface area (TPSA) is 16.1 Å². The van der Waals surface area contributed by atoms with Gasteiger partial charge in [0.05, 0.1) is 18.0 Å². The summed E-state index contributed by atoms with van der Waals surface area (Å²) in [6.45, 7) is 3.88. The van der Waals surface area contributed by atoms with Crippen LogP contribution in [0.25, 0.3) is 10.4 Å². The van der Waals surface area contributed by atoms with Crippen LogP contribution >= 0.6 is 11.3 Å². The number of halogens is 2. The first kappa shape index (κ1) is 13.5. The Morgan fingerprint density at radius 3 is 2.40 bits per heavy atom. The third-order valence-electron chi connectivity index (χ3n) is 3.47. The van der Waals surface area contributed by atoms with Gasteiger partial charge in [0.25, 0.3) is 5.92 Å². The Balaban J connectivity index is 1.76. The summed E-state index contributed by atoms with van der Waals surface area (Å²) in [5.74, 6) is -2.05. The lowest BCUT2D eigenvalue weighted by Gasteiger charge is -2.38. The van der Waals surface area contributed by atoms with E-state index in [0.29, 0.717) is 11.0 Å². The Morgan fingerprint density at radius 1 is 1.20 bits per heavy atom. The second-order valence-electron chi connectivity index (χ2n) is 5.50. The van der Waals surface area contributed by atoms with Crippen LogP contribution in [0, 0.1) is 0 Å². The molecule has 5 heteroatoms. The molecule has 0 spiro atoms. The van der Waals surface area contributed by atoms with Crippen molar-refractivity contribution in [2.24, 2.45) is 0 Å². The SMILES string of the molecule is CC(C)c1ccc(-c2cnc(N3CC(F)(F)C3)s2)cc1. The zero-order valence-corrected chi connectivity index (χ0v) is 12.3. The molecule has 106 valence electrons. The first-order valence-corrected chi connectivity index (χ1v) is 7.45. The van der Waals surface area contributed by atoms with Crippen LogP contribution < -0.4 is 4.90 Å². The van der Waals surface area contributed by atoms with Gasteiger partial charge in [-0.2, -0.15) is 0 Å². The van der Waals surface area contributed by atoms with E-state index in [9.17, 15) is 8.78 Å². The molecule has 0 bridgehead atoms. The van der Waals surface area contributed by atoms with Gasteiger partial charge in [0.1, 0.15) is 0 Å². The highest BCUT2D eigenvalue weighted by Crippen LogP contribution is 2.37. The van der Waals surface area contributed by atoms with Gasteiger partial charge in [0, 0.05) is 6.20 Å². The number of hydrogen-bond acceptors (Lipinski definition) is 3. The third-order valence-corrected chi connectivity index (χ3v) is 4.58. The van der Waals surface area contributed by atoms with Crippen LogP contribution in [0.1, 0.15) is 25.3 Å².